The molecule has 0 saturated carbocycles. The molecule has 1 aromatic rings. The van der Waals surface area contributed by atoms with Crippen molar-refractivity contribution in [1.82, 2.24) is 10.4 Å². The fraction of sp³-hybridized carbons (Fsp3) is 0.353. The lowest BCUT2D eigenvalue weighted by Crippen LogP contribution is -2.55. The number of aryl methyl sites for hydroxylation is 1. The number of carbonyl (C=O) groups is 1. The number of ketones is 1. The van der Waals surface area contributed by atoms with Crippen LogP contribution in [0.3, 0.4) is 0 Å². The zero-order valence-corrected chi connectivity index (χ0v) is 12.2. The Morgan fingerprint density at radius 2 is 2.10 bits per heavy atom. The van der Waals surface area contributed by atoms with Crippen LogP contribution in [0.5, 0.6) is 0 Å². The lowest BCUT2D eigenvalue weighted by Gasteiger charge is -2.39. The monoisotopic (exact) mass is 284 g/mol. The van der Waals surface area contributed by atoms with E-state index in [4.69, 9.17) is 4.74 Å². The second kappa shape index (κ2) is 6.14. The average Bonchev–Trinajstić information content (AvgIpc) is 2.54. The van der Waals surface area contributed by atoms with Gasteiger partial charge in [-0.2, -0.15) is 0 Å². The molecule has 0 aromatic heterocycles. The van der Waals surface area contributed by atoms with Gasteiger partial charge in [-0.15, -0.1) is 0 Å². The maximum Gasteiger partial charge on any atom is 0.160 e. The summed E-state index contributed by atoms with van der Waals surface area (Å²) in [5, 5.41) is 1.93. The van der Waals surface area contributed by atoms with Crippen molar-refractivity contribution in [3.63, 3.8) is 0 Å². The van der Waals surface area contributed by atoms with Crippen LogP contribution in [-0.2, 0) is 16.0 Å². The summed E-state index contributed by atoms with van der Waals surface area (Å²) in [6, 6.07) is 10.2. The van der Waals surface area contributed by atoms with E-state index in [-0.39, 0.29) is 17.7 Å². The van der Waals surface area contributed by atoms with Gasteiger partial charge in [0.15, 0.2) is 5.78 Å². The molecule has 0 bridgehead atoms. The van der Waals surface area contributed by atoms with Gasteiger partial charge in [0.25, 0.3) is 0 Å². The second-order valence-electron chi connectivity index (χ2n) is 5.40. The summed E-state index contributed by atoms with van der Waals surface area (Å²) >= 11 is 0. The zero-order chi connectivity index (χ0) is 14.7. The molecule has 0 amide bonds. The number of hydrogen-bond donors (Lipinski definition) is 1. The summed E-state index contributed by atoms with van der Waals surface area (Å²) in [5.41, 5.74) is 5.40. The van der Waals surface area contributed by atoms with E-state index in [0.717, 1.165) is 25.0 Å². The minimum atomic E-state index is -0.120. The fourth-order valence-corrected chi connectivity index (χ4v) is 2.87. The Morgan fingerprint density at radius 3 is 2.86 bits per heavy atom. The SMILES string of the molecule is CCC1NN2C=COC=C2C(CCc2ccccc2)C1=O. The summed E-state index contributed by atoms with van der Waals surface area (Å²) in [5.74, 6) is 0.149. The van der Waals surface area contributed by atoms with Crippen molar-refractivity contribution in [2.24, 2.45) is 5.92 Å². The molecule has 2 unspecified atom stereocenters. The third-order valence-electron chi connectivity index (χ3n) is 4.07. The van der Waals surface area contributed by atoms with Crippen LogP contribution in [0.25, 0.3) is 0 Å². The van der Waals surface area contributed by atoms with E-state index >= 15 is 0 Å². The van der Waals surface area contributed by atoms with Gasteiger partial charge in [0.1, 0.15) is 12.5 Å². The van der Waals surface area contributed by atoms with Gasteiger partial charge in [0.2, 0.25) is 0 Å². The molecule has 2 heterocycles. The number of nitrogens with one attached hydrogen (secondary N) is 1. The van der Waals surface area contributed by atoms with E-state index in [9.17, 15) is 4.79 Å². The second-order valence-corrected chi connectivity index (χ2v) is 5.40. The number of Topliss-reactive ketones (excluding diaryl/α,β-unsaturated/α-hetero) is 1. The first-order valence-corrected chi connectivity index (χ1v) is 7.45. The van der Waals surface area contributed by atoms with Crippen molar-refractivity contribution in [2.75, 3.05) is 0 Å². The molecule has 0 radical (unpaired) electrons. The number of rotatable bonds is 4. The van der Waals surface area contributed by atoms with Crippen LogP contribution in [-0.4, -0.2) is 16.8 Å². The van der Waals surface area contributed by atoms with Crippen molar-refractivity contribution in [3.8, 4) is 0 Å². The van der Waals surface area contributed by atoms with Crippen LogP contribution in [0.1, 0.15) is 25.3 Å². The number of hydrogen-bond acceptors (Lipinski definition) is 4. The van der Waals surface area contributed by atoms with E-state index < -0.39 is 0 Å². The van der Waals surface area contributed by atoms with Gasteiger partial charge >= 0.3 is 0 Å². The van der Waals surface area contributed by atoms with E-state index in [1.807, 2.05) is 36.3 Å². The van der Waals surface area contributed by atoms with Gasteiger partial charge in [0.05, 0.1) is 23.9 Å². The summed E-state index contributed by atoms with van der Waals surface area (Å²) in [6.07, 6.45) is 7.61. The molecule has 3 rings (SSSR count). The molecule has 2 atom stereocenters. The zero-order valence-electron chi connectivity index (χ0n) is 12.2. The Bertz CT molecular complexity index is 565. The van der Waals surface area contributed by atoms with Gasteiger partial charge in [-0.3, -0.25) is 9.80 Å². The number of ether oxygens (including phenoxy) is 1. The molecule has 2 aliphatic heterocycles. The molecule has 1 fully saturated rings. The van der Waals surface area contributed by atoms with Gasteiger partial charge < -0.3 is 4.74 Å². The molecular formula is C17H20N2O2. The van der Waals surface area contributed by atoms with Crippen LogP contribution in [0.15, 0.2) is 54.8 Å². The molecule has 1 aromatic carbocycles. The lowest BCUT2D eigenvalue weighted by atomic mass is 9.86. The highest BCUT2D eigenvalue weighted by molar-refractivity contribution is 5.89. The summed E-state index contributed by atoms with van der Waals surface area (Å²) in [4.78, 5) is 12.6. The number of benzene rings is 1. The van der Waals surface area contributed by atoms with Crippen LogP contribution >= 0.6 is 0 Å². The maximum atomic E-state index is 12.6. The minimum absolute atomic E-state index is 0.110. The predicted molar refractivity (Wildman–Crippen MR) is 80.6 cm³/mol. The highest BCUT2D eigenvalue weighted by Crippen LogP contribution is 2.29. The van der Waals surface area contributed by atoms with Crippen molar-refractivity contribution in [3.05, 3.63) is 60.3 Å². The Hall–Kier alpha value is -2.07. The predicted octanol–water partition coefficient (Wildman–Crippen LogP) is 2.75. The Morgan fingerprint density at radius 1 is 1.29 bits per heavy atom. The standard InChI is InChI=1S/C17H20N2O2/c1-2-15-17(20)14(9-8-13-6-4-3-5-7-13)16-12-21-11-10-19(16)18-15/h3-7,10-12,14-15,18H,2,8-9H2,1H3. The molecule has 1 N–H and O–H groups in total. The molecule has 4 heteroatoms. The van der Waals surface area contributed by atoms with Crippen molar-refractivity contribution in [2.45, 2.75) is 32.2 Å². The molecular weight excluding hydrogens is 264 g/mol. The number of hydrazine groups is 1. The highest BCUT2D eigenvalue weighted by atomic mass is 16.5. The Labute approximate surface area is 125 Å². The quantitative estimate of drug-likeness (QED) is 0.923. The molecule has 4 nitrogen and oxygen atoms in total. The third-order valence-corrected chi connectivity index (χ3v) is 4.07. The molecule has 2 aliphatic rings. The molecule has 1 saturated heterocycles. The Balaban J connectivity index is 1.76. The van der Waals surface area contributed by atoms with Crippen molar-refractivity contribution >= 4 is 5.78 Å². The van der Waals surface area contributed by atoms with Crippen LogP contribution in [0, 0.1) is 5.92 Å². The first-order valence-electron chi connectivity index (χ1n) is 7.45. The topological polar surface area (TPSA) is 41.6 Å². The maximum absolute atomic E-state index is 12.6. The van der Waals surface area contributed by atoms with Crippen molar-refractivity contribution < 1.29 is 9.53 Å². The van der Waals surface area contributed by atoms with Crippen LogP contribution in [0.4, 0.5) is 0 Å². The summed E-state index contributed by atoms with van der Waals surface area (Å²) < 4.78 is 5.26. The minimum Gasteiger partial charge on any atom is -0.469 e. The average molecular weight is 284 g/mol. The van der Waals surface area contributed by atoms with Crippen LogP contribution < -0.4 is 5.43 Å². The molecule has 0 spiro atoms. The molecule has 0 aliphatic carbocycles. The van der Waals surface area contributed by atoms with E-state index in [1.54, 1.807) is 12.5 Å². The lowest BCUT2D eigenvalue weighted by molar-refractivity contribution is -0.128. The first-order chi connectivity index (χ1) is 10.3. The van der Waals surface area contributed by atoms with Crippen molar-refractivity contribution in [1.29, 1.82) is 0 Å². The summed E-state index contributed by atoms with van der Waals surface area (Å²) in [6.45, 7) is 2.03. The van der Waals surface area contributed by atoms with Gasteiger partial charge in [-0.1, -0.05) is 37.3 Å². The van der Waals surface area contributed by atoms with Gasteiger partial charge in [-0.25, -0.2) is 5.43 Å². The first kappa shape index (κ1) is 13.9. The van der Waals surface area contributed by atoms with E-state index in [1.165, 1.54) is 5.56 Å². The number of fused-ring (bicyclic) bond motifs is 1. The highest BCUT2D eigenvalue weighted by Gasteiger charge is 2.37. The van der Waals surface area contributed by atoms with Crippen LogP contribution in [0.2, 0.25) is 0 Å². The van der Waals surface area contributed by atoms with Gasteiger partial charge in [-0.05, 0) is 24.8 Å². The van der Waals surface area contributed by atoms with E-state index in [2.05, 4.69) is 17.6 Å². The molecule has 110 valence electrons. The Kier molecular flexibility index (Phi) is 4.06. The van der Waals surface area contributed by atoms with Gasteiger partial charge in [0, 0.05) is 0 Å². The molecule has 21 heavy (non-hydrogen) atoms. The number of carbonyl (C=O) groups excluding carboxylic acids is 1. The smallest absolute Gasteiger partial charge is 0.160 e. The third kappa shape index (κ3) is 2.85. The van der Waals surface area contributed by atoms with E-state index in [0.29, 0.717) is 0 Å². The largest absolute Gasteiger partial charge is 0.469 e. The fourth-order valence-electron chi connectivity index (χ4n) is 2.87. The number of nitrogens with zero attached hydrogens (tertiary/aromatic N) is 1. The normalized spacial score (nSPS) is 24.3. The number of allylic oxidation sites excluding steroid dienone is 1. The summed E-state index contributed by atoms with van der Waals surface area (Å²) in [7, 11) is 0.